The molecule has 17 heavy (non-hydrogen) atoms. The molecule has 4 nitrogen and oxygen atoms in total. The lowest BCUT2D eigenvalue weighted by Gasteiger charge is -2.04. The van der Waals surface area contributed by atoms with Gasteiger partial charge in [-0.3, -0.25) is 0 Å². The predicted molar refractivity (Wildman–Crippen MR) is 70.8 cm³/mol. The maximum Gasteiger partial charge on any atom is 0.210 e. The summed E-state index contributed by atoms with van der Waals surface area (Å²) in [7, 11) is 1.97. The average Bonchev–Trinajstić information content (AvgIpc) is 2.95. The summed E-state index contributed by atoms with van der Waals surface area (Å²) in [4.78, 5) is 4.34. The van der Waals surface area contributed by atoms with Crippen molar-refractivity contribution in [3.8, 4) is 5.13 Å². The van der Waals surface area contributed by atoms with E-state index in [-0.39, 0.29) is 0 Å². The van der Waals surface area contributed by atoms with E-state index in [1.807, 2.05) is 23.3 Å². The third-order valence-electron chi connectivity index (χ3n) is 2.80. The first-order valence-corrected chi connectivity index (χ1v) is 6.83. The average molecular weight is 250 g/mol. The molecule has 0 radical (unpaired) electrons. The third-order valence-corrected chi connectivity index (χ3v) is 3.54. The smallest absolute Gasteiger partial charge is 0.210 e. The molecule has 2 aromatic heterocycles. The van der Waals surface area contributed by atoms with Gasteiger partial charge >= 0.3 is 0 Å². The van der Waals surface area contributed by atoms with Crippen molar-refractivity contribution < 1.29 is 0 Å². The molecule has 0 aliphatic carbocycles. The van der Waals surface area contributed by atoms with Gasteiger partial charge in [-0.25, -0.2) is 9.67 Å². The monoisotopic (exact) mass is 250 g/mol. The first kappa shape index (κ1) is 12.3. The molecular weight excluding hydrogens is 232 g/mol. The summed E-state index contributed by atoms with van der Waals surface area (Å²) in [5, 5.41) is 10.9. The van der Waals surface area contributed by atoms with Gasteiger partial charge in [-0.15, -0.1) is 11.3 Å². The van der Waals surface area contributed by atoms with Crippen LogP contribution >= 0.6 is 11.3 Å². The summed E-state index contributed by atoms with van der Waals surface area (Å²) in [6.45, 7) is 5.19. The Morgan fingerprint density at radius 1 is 1.35 bits per heavy atom. The van der Waals surface area contributed by atoms with Crippen molar-refractivity contribution in [2.75, 3.05) is 7.05 Å². The van der Waals surface area contributed by atoms with Gasteiger partial charge in [0.25, 0.3) is 0 Å². The number of hydrogen-bond acceptors (Lipinski definition) is 4. The highest BCUT2D eigenvalue weighted by Gasteiger charge is 2.16. The van der Waals surface area contributed by atoms with Gasteiger partial charge in [-0.2, -0.15) is 5.10 Å². The van der Waals surface area contributed by atoms with E-state index in [0.717, 1.165) is 24.5 Å². The first-order valence-electron chi connectivity index (χ1n) is 5.95. The molecule has 1 N–H and O–H groups in total. The fourth-order valence-corrected chi connectivity index (χ4v) is 2.66. The number of hydrogen-bond donors (Lipinski definition) is 1. The van der Waals surface area contributed by atoms with Crippen molar-refractivity contribution in [2.45, 2.75) is 33.2 Å². The molecule has 5 heteroatoms. The fourth-order valence-electron chi connectivity index (χ4n) is 2.04. The molecule has 0 bridgehead atoms. The van der Waals surface area contributed by atoms with E-state index in [4.69, 9.17) is 0 Å². The Balaban J connectivity index is 2.52. The highest BCUT2D eigenvalue weighted by Crippen LogP contribution is 2.21. The summed E-state index contributed by atoms with van der Waals surface area (Å²) < 4.78 is 2.00. The topological polar surface area (TPSA) is 42.7 Å². The van der Waals surface area contributed by atoms with Crippen LogP contribution in [-0.4, -0.2) is 21.8 Å². The zero-order valence-corrected chi connectivity index (χ0v) is 11.3. The number of rotatable bonds is 5. The van der Waals surface area contributed by atoms with Gasteiger partial charge in [0.05, 0.1) is 11.4 Å². The van der Waals surface area contributed by atoms with Crippen LogP contribution in [0.3, 0.4) is 0 Å². The molecule has 0 saturated heterocycles. The summed E-state index contributed by atoms with van der Waals surface area (Å²) in [5.74, 6) is 0. The second-order valence-electron chi connectivity index (χ2n) is 3.84. The maximum atomic E-state index is 4.69. The second-order valence-corrected chi connectivity index (χ2v) is 4.71. The number of nitrogens with zero attached hydrogens (tertiary/aromatic N) is 3. The lowest BCUT2D eigenvalue weighted by molar-refractivity contribution is 0.775. The largest absolute Gasteiger partial charge is 0.316 e. The van der Waals surface area contributed by atoms with Crippen molar-refractivity contribution in [3.05, 3.63) is 28.5 Å². The molecule has 0 aliphatic rings. The molecule has 0 amide bonds. The van der Waals surface area contributed by atoms with Gasteiger partial charge in [0.15, 0.2) is 0 Å². The zero-order chi connectivity index (χ0) is 12.3. The molecular formula is C12H18N4S. The number of nitrogens with one attached hydrogen (secondary N) is 1. The standard InChI is InChI=1S/C12H18N4S/c1-4-10-9(8-13-3)11(5-2)16(15-10)12-14-6-7-17-12/h6-7,13H,4-5,8H2,1-3H3. The van der Waals surface area contributed by atoms with E-state index >= 15 is 0 Å². The van der Waals surface area contributed by atoms with Gasteiger partial charge in [-0.1, -0.05) is 13.8 Å². The van der Waals surface area contributed by atoms with E-state index < -0.39 is 0 Å². The fraction of sp³-hybridized carbons (Fsp3) is 0.500. The molecule has 0 saturated carbocycles. The summed E-state index contributed by atoms with van der Waals surface area (Å²) >= 11 is 1.63. The second kappa shape index (κ2) is 5.42. The lowest BCUT2D eigenvalue weighted by Crippen LogP contribution is -2.09. The van der Waals surface area contributed by atoms with Crippen molar-refractivity contribution in [3.63, 3.8) is 0 Å². The molecule has 0 fully saturated rings. The van der Waals surface area contributed by atoms with E-state index in [1.54, 1.807) is 11.3 Å². The van der Waals surface area contributed by atoms with E-state index in [2.05, 4.69) is 29.2 Å². The van der Waals surface area contributed by atoms with Gasteiger partial charge in [0, 0.05) is 23.7 Å². The highest BCUT2D eigenvalue weighted by atomic mass is 32.1. The minimum atomic E-state index is 0.873. The first-order chi connectivity index (χ1) is 8.31. The summed E-state index contributed by atoms with van der Waals surface area (Å²) in [6, 6.07) is 0. The Kier molecular flexibility index (Phi) is 3.91. The van der Waals surface area contributed by atoms with Crippen LogP contribution in [0.1, 0.15) is 30.8 Å². The molecule has 0 unspecified atom stereocenters. The van der Waals surface area contributed by atoms with E-state index in [9.17, 15) is 0 Å². The Morgan fingerprint density at radius 2 is 2.18 bits per heavy atom. The molecule has 2 rings (SSSR count). The molecule has 2 heterocycles. The number of aryl methyl sites for hydroxylation is 1. The Morgan fingerprint density at radius 3 is 2.71 bits per heavy atom. The molecule has 2 aromatic rings. The van der Waals surface area contributed by atoms with Gasteiger partial charge < -0.3 is 5.32 Å². The summed E-state index contributed by atoms with van der Waals surface area (Å²) in [5.41, 5.74) is 3.77. The SMILES string of the molecule is CCc1nn(-c2nccs2)c(CC)c1CNC. The molecule has 92 valence electrons. The zero-order valence-electron chi connectivity index (χ0n) is 10.5. The van der Waals surface area contributed by atoms with Crippen LogP contribution in [0.25, 0.3) is 5.13 Å². The minimum absolute atomic E-state index is 0.873. The predicted octanol–water partition coefficient (Wildman–Crippen LogP) is 2.17. The third kappa shape index (κ3) is 2.25. The number of aromatic nitrogens is 3. The van der Waals surface area contributed by atoms with Crippen molar-refractivity contribution >= 4 is 11.3 Å². The molecule has 0 spiro atoms. The molecule has 0 aromatic carbocycles. The Labute approximate surface area is 106 Å². The van der Waals surface area contributed by atoms with E-state index in [0.29, 0.717) is 0 Å². The summed E-state index contributed by atoms with van der Waals surface area (Å²) in [6.07, 6.45) is 3.76. The van der Waals surface area contributed by atoms with Gasteiger partial charge in [0.2, 0.25) is 5.13 Å². The lowest BCUT2D eigenvalue weighted by atomic mass is 10.1. The van der Waals surface area contributed by atoms with Crippen molar-refractivity contribution in [1.82, 2.24) is 20.1 Å². The van der Waals surface area contributed by atoms with Gasteiger partial charge in [0.1, 0.15) is 0 Å². The molecule has 0 aliphatic heterocycles. The van der Waals surface area contributed by atoms with Crippen LogP contribution in [0.5, 0.6) is 0 Å². The van der Waals surface area contributed by atoms with Crippen molar-refractivity contribution in [1.29, 1.82) is 0 Å². The van der Waals surface area contributed by atoms with Crippen LogP contribution < -0.4 is 5.32 Å². The van der Waals surface area contributed by atoms with Crippen LogP contribution in [0.4, 0.5) is 0 Å². The van der Waals surface area contributed by atoms with Crippen LogP contribution in [-0.2, 0) is 19.4 Å². The van der Waals surface area contributed by atoms with Gasteiger partial charge in [-0.05, 0) is 19.9 Å². The normalized spacial score (nSPS) is 11.0. The quantitative estimate of drug-likeness (QED) is 0.884. The minimum Gasteiger partial charge on any atom is -0.316 e. The number of thiazole rings is 1. The van der Waals surface area contributed by atoms with Crippen molar-refractivity contribution in [2.24, 2.45) is 0 Å². The maximum absolute atomic E-state index is 4.69. The highest BCUT2D eigenvalue weighted by molar-refractivity contribution is 7.12. The van der Waals surface area contributed by atoms with Crippen LogP contribution in [0.15, 0.2) is 11.6 Å². The van der Waals surface area contributed by atoms with Crippen LogP contribution in [0, 0.1) is 0 Å². The van der Waals surface area contributed by atoms with Crippen LogP contribution in [0.2, 0.25) is 0 Å². The Hall–Kier alpha value is -1.20. The van der Waals surface area contributed by atoms with E-state index in [1.165, 1.54) is 17.0 Å². The molecule has 0 atom stereocenters. The Bertz CT molecular complexity index is 473.